The molecule has 1 heterocycles. The van der Waals surface area contributed by atoms with E-state index in [-0.39, 0.29) is 60.5 Å². The summed E-state index contributed by atoms with van der Waals surface area (Å²) in [6.07, 6.45) is 1.06. The van der Waals surface area contributed by atoms with Crippen LogP contribution in [0.2, 0.25) is 0 Å². The summed E-state index contributed by atoms with van der Waals surface area (Å²) in [6, 6.07) is 2.04. The second-order valence-electron chi connectivity index (χ2n) is 10.7. The number of nitrogens with zero attached hydrogens (tertiary/aromatic N) is 3. The number of aliphatic hydroxyl groups excluding tert-OH is 1. The topological polar surface area (TPSA) is 91.8 Å². The fourth-order valence-electron chi connectivity index (χ4n) is 5.13. The summed E-state index contributed by atoms with van der Waals surface area (Å²) in [4.78, 5) is 28.1. The molecule has 39 heavy (non-hydrogen) atoms. The molecular formula is C28H41F2N3O6. The van der Waals surface area contributed by atoms with Crippen molar-refractivity contribution in [2.75, 3.05) is 54.1 Å². The molecule has 1 aliphatic heterocycles. The van der Waals surface area contributed by atoms with Crippen molar-refractivity contribution < 1.29 is 37.7 Å². The Morgan fingerprint density at radius 2 is 1.92 bits per heavy atom. The van der Waals surface area contributed by atoms with Crippen LogP contribution in [0.5, 0.6) is 5.75 Å². The number of ketones is 1. The van der Waals surface area contributed by atoms with Gasteiger partial charge in [-0.25, -0.2) is 19.2 Å². The molecule has 218 valence electrons. The predicted octanol–water partition coefficient (Wildman–Crippen LogP) is 3.48. The number of aliphatic hydroxyl groups is 1. The van der Waals surface area contributed by atoms with Gasteiger partial charge in [0, 0.05) is 45.8 Å². The fraction of sp³-hybridized carbons (Fsp3) is 0.643. The smallest absolute Gasteiger partial charge is 0.339 e. The number of likely N-dealkylation sites (N-methyl/N-ethyl adjacent to an activating group) is 2. The third-order valence-corrected chi connectivity index (χ3v) is 7.49. The van der Waals surface area contributed by atoms with Crippen LogP contribution in [0.3, 0.4) is 0 Å². The number of Topliss-reactive ketones (excluding diaryl/α,β-unsaturated/α-hetero) is 1. The molecule has 1 aromatic rings. The molecule has 1 N–H and O–H groups in total. The van der Waals surface area contributed by atoms with Crippen molar-refractivity contribution >= 4 is 11.8 Å². The molecule has 1 aliphatic carbocycles. The van der Waals surface area contributed by atoms with Gasteiger partial charge in [0.25, 0.3) is 0 Å². The predicted molar refractivity (Wildman–Crippen MR) is 141 cm³/mol. The van der Waals surface area contributed by atoms with Crippen LogP contribution in [0.4, 0.5) is 8.78 Å². The van der Waals surface area contributed by atoms with Crippen molar-refractivity contribution in [3.05, 3.63) is 40.7 Å². The number of methoxy groups -OCH3 is 1. The van der Waals surface area contributed by atoms with Crippen molar-refractivity contribution in [2.45, 2.75) is 58.2 Å². The van der Waals surface area contributed by atoms with Crippen LogP contribution >= 0.6 is 0 Å². The monoisotopic (exact) mass is 553 g/mol. The molecule has 1 spiro atoms. The van der Waals surface area contributed by atoms with E-state index in [9.17, 15) is 19.1 Å². The number of carbonyl (C=O) groups is 2. The van der Waals surface area contributed by atoms with Crippen LogP contribution in [0.25, 0.3) is 0 Å². The van der Waals surface area contributed by atoms with Crippen LogP contribution < -0.4 is 4.74 Å². The van der Waals surface area contributed by atoms with Gasteiger partial charge in [-0.2, -0.15) is 4.39 Å². The molecule has 0 bridgehead atoms. The van der Waals surface area contributed by atoms with Crippen molar-refractivity contribution in [3.63, 3.8) is 0 Å². The quantitative estimate of drug-likeness (QED) is 0.391. The van der Waals surface area contributed by atoms with E-state index in [0.29, 0.717) is 32.5 Å². The Morgan fingerprint density at radius 3 is 2.54 bits per heavy atom. The average Bonchev–Trinajstić information content (AvgIpc) is 3.28. The summed E-state index contributed by atoms with van der Waals surface area (Å²) in [7, 11) is 5.11. The molecule has 9 nitrogen and oxygen atoms in total. The maximum Gasteiger partial charge on any atom is 0.339 e. The normalized spacial score (nSPS) is 22.5. The third-order valence-electron chi connectivity index (χ3n) is 7.49. The Bertz CT molecular complexity index is 1080. The molecule has 0 amide bonds. The summed E-state index contributed by atoms with van der Waals surface area (Å²) < 4.78 is 46.2. The minimum atomic E-state index is -1.45. The Balaban J connectivity index is 1.85. The molecule has 2 atom stereocenters. The van der Waals surface area contributed by atoms with Gasteiger partial charge in [0.05, 0.1) is 24.8 Å². The van der Waals surface area contributed by atoms with Crippen LogP contribution in [0.1, 0.15) is 45.6 Å². The lowest BCUT2D eigenvalue weighted by molar-refractivity contribution is -0.159. The summed E-state index contributed by atoms with van der Waals surface area (Å²) in [5, 5.41) is 14.5. The number of ether oxygens (including phenoxy) is 3. The van der Waals surface area contributed by atoms with E-state index in [1.165, 1.54) is 12.1 Å². The van der Waals surface area contributed by atoms with Crippen molar-refractivity contribution in [1.29, 1.82) is 0 Å². The summed E-state index contributed by atoms with van der Waals surface area (Å²) >= 11 is 0. The first-order valence-corrected chi connectivity index (χ1v) is 13.4. The van der Waals surface area contributed by atoms with E-state index < -0.39 is 29.2 Å². The van der Waals surface area contributed by atoms with Gasteiger partial charge in [0.15, 0.2) is 22.9 Å². The number of halogens is 2. The highest BCUT2D eigenvalue weighted by molar-refractivity contribution is 5.98. The average molecular weight is 554 g/mol. The van der Waals surface area contributed by atoms with E-state index >= 15 is 4.39 Å². The largest absolute Gasteiger partial charge is 0.509 e. The van der Waals surface area contributed by atoms with E-state index in [0.717, 1.165) is 0 Å². The maximum absolute atomic E-state index is 15.3. The fourth-order valence-corrected chi connectivity index (χ4v) is 5.13. The van der Waals surface area contributed by atoms with Gasteiger partial charge in [-0.15, -0.1) is 0 Å². The first-order valence-electron chi connectivity index (χ1n) is 13.4. The van der Waals surface area contributed by atoms with Gasteiger partial charge in [0.1, 0.15) is 12.4 Å². The van der Waals surface area contributed by atoms with Crippen molar-refractivity contribution in [3.8, 4) is 5.75 Å². The third kappa shape index (κ3) is 6.42. The number of rotatable bonds is 12. The van der Waals surface area contributed by atoms with Gasteiger partial charge in [-0.3, -0.25) is 4.79 Å². The van der Waals surface area contributed by atoms with Gasteiger partial charge >= 0.3 is 5.97 Å². The maximum atomic E-state index is 15.3. The van der Waals surface area contributed by atoms with Crippen molar-refractivity contribution in [1.82, 2.24) is 14.9 Å². The van der Waals surface area contributed by atoms with Gasteiger partial charge in [-0.1, -0.05) is 19.9 Å². The SMILES string of the molecule is COCCN(C)CCOc1ccc(CN2C(C)C(C(=O)OCC(C)C)=C(O)C3(CCCC3=O)N2C)c(F)c1F. The van der Waals surface area contributed by atoms with Gasteiger partial charge in [-0.05, 0) is 38.8 Å². The zero-order valence-corrected chi connectivity index (χ0v) is 23.8. The van der Waals surface area contributed by atoms with Crippen LogP contribution in [0, 0.1) is 17.6 Å². The molecule has 11 heteroatoms. The first-order chi connectivity index (χ1) is 18.4. The van der Waals surface area contributed by atoms with Gasteiger partial charge < -0.3 is 24.2 Å². The Morgan fingerprint density at radius 1 is 1.23 bits per heavy atom. The van der Waals surface area contributed by atoms with Crippen molar-refractivity contribution in [2.24, 2.45) is 5.92 Å². The first kappa shape index (κ1) is 30.9. The molecule has 1 fully saturated rings. The number of benzene rings is 1. The van der Waals surface area contributed by atoms with Crippen LogP contribution in [-0.2, 0) is 25.6 Å². The summed E-state index contributed by atoms with van der Waals surface area (Å²) in [5.74, 6) is -3.60. The lowest BCUT2D eigenvalue weighted by atomic mass is 9.85. The zero-order chi connectivity index (χ0) is 28.9. The number of esters is 1. The highest BCUT2D eigenvalue weighted by Gasteiger charge is 2.57. The lowest BCUT2D eigenvalue weighted by Gasteiger charge is -2.50. The summed E-state index contributed by atoms with van der Waals surface area (Å²) in [6.45, 7) is 7.33. The molecule has 0 radical (unpaired) electrons. The van der Waals surface area contributed by atoms with Gasteiger partial charge in [0.2, 0.25) is 5.82 Å². The molecule has 1 saturated carbocycles. The van der Waals surface area contributed by atoms with E-state index in [1.807, 2.05) is 25.8 Å². The standard InChI is InChI=1S/C28H41F2N3O6/c1-18(2)17-39-27(36)23-19(3)33(32(5)28(26(23)35)11-7-8-22(28)34)16-20-9-10-21(25(30)24(20)29)38-15-13-31(4)12-14-37-6/h9-10,18-19,35H,7-8,11-17H2,1-6H3. The number of carbonyl (C=O) groups excluding carboxylic acids is 2. The van der Waals surface area contributed by atoms with E-state index in [1.54, 1.807) is 31.1 Å². The highest BCUT2D eigenvalue weighted by atomic mass is 19.2. The molecule has 0 saturated heterocycles. The molecule has 1 aromatic carbocycles. The summed E-state index contributed by atoms with van der Waals surface area (Å²) in [5.41, 5.74) is -1.47. The van der Waals surface area contributed by atoms with Crippen LogP contribution in [-0.4, -0.2) is 97.5 Å². The van der Waals surface area contributed by atoms with E-state index in [2.05, 4.69) is 0 Å². The Kier molecular flexibility index (Phi) is 10.4. The highest BCUT2D eigenvalue weighted by Crippen LogP contribution is 2.44. The van der Waals surface area contributed by atoms with Crippen LogP contribution in [0.15, 0.2) is 23.5 Å². The minimum Gasteiger partial charge on any atom is -0.509 e. The zero-order valence-electron chi connectivity index (χ0n) is 23.8. The molecule has 2 aliphatic rings. The molecular weight excluding hydrogens is 512 g/mol. The molecule has 2 unspecified atom stereocenters. The number of hydrogen-bond acceptors (Lipinski definition) is 9. The molecule has 3 rings (SSSR count). The molecule has 0 aromatic heterocycles. The second kappa shape index (κ2) is 13.2. The Hall–Kier alpha value is -2.60. The Labute approximate surface area is 229 Å². The lowest BCUT2D eigenvalue weighted by Crippen LogP contribution is -2.65. The number of hydrogen-bond donors (Lipinski definition) is 1. The minimum absolute atomic E-state index is 0.0210. The van der Waals surface area contributed by atoms with E-state index in [4.69, 9.17) is 14.2 Å². The second-order valence-corrected chi connectivity index (χ2v) is 10.7. The number of hydrazine groups is 1.